The Morgan fingerprint density at radius 1 is 1.12 bits per heavy atom. The summed E-state index contributed by atoms with van der Waals surface area (Å²) in [4.78, 5) is 39.5. The lowest BCUT2D eigenvalue weighted by atomic mass is 9.93. The predicted molar refractivity (Wildman–Crippen MR) is 115 cm³/mol. The van der Waals surface area contributed by atoms with Gasteiger partial charge in [-0.05, 0) is 23.1 Å². The summed E-state index contributed by atoms with van der Waals surface area (Å²) in [5.74, 6) is -1.13. The van der Waals surface area contributed by atoms with Gasteiger partial charge in [0.15, 0.2) is 0 Å². The number of ether oxygens (including phenoxy) is 2. The molecule has 2 aromatic rings. The Balaban J connectivity index is 1.78. The zero-order chi connectivity index (χ0) is 22.9. The Hall–Kier alpha value is -3.86. The Morgan fingerprint density at radius 3 is 2.50 bits per heavy atom. The first-order valence-electron chi connectivity index (χ1n) is 10.3. The second-order valence-electron chi connectivity index (χ2n) is 7.44. The Kier molecular flexibility index (Phi) is 7.81. The molecule has 1 aliphatic heterocycles. The summed E-state index contributed by atoms with van der Waals surface area (Å²) in [6, 6.07) is 17.0. The summed E-state index contributed by atoms with van der Waals surface area (Å²) in [5.41, 5.74) is 2.72. The van der Waals surface area contributed by atoms with Crippen LogP contribution < -0.4 is 5.32 Å². The van der Waals surface area contributed by atoms with Crippen molar-refractivity contribution in [1.29, 1.82) is 5.26 Å². The van der Waals surface area contributed by atoms with Gasteiger partial charge >= 0.3 is 12.1 Å². The third-order valence-corrected chi connectivity index (χ3v) is 5.34. The van der Waals surface area contributed by atoms with Gasteiger partial charge in [-0.3, -0.25) is 9.69 Å². The fraction of sp³-hybridized carbons (Fsp3) is 0.333. The van der Waals surface area contributed by atoms with Crippen molar-refractivity contribution < 1.29 is 23.9 Å². The van der Waals surface area contributed by atoms with Gasteiger partial charge in [0, 0.05) is 12.8 Å². The monoisotopic (exact) mass is 435 g/mol. The lowest BCUT2D eigenvalue weighted by Gasteiger charge is -2.35. The molecule has 166 valence electrons. The van der Waals surface area contributed by atoms with Gasteiger partial charge in [0.05, 0.1) is 19.7 Å². The fourth-order valence-corrected chi connectivity index (χ4v) is 3.62. The number of amides is 2. The van der Waals surface area contributed by atoms with Crippen molar-refractivity contribution in [1.82, 2.24) is 10.2 Å². The van der Waals surface area contributed by atoms with E-state index in [1.165, 1.54) is 12.0 Å². The van der Waals surface area contributed by atoms with Crippen LogP contribution in [0.25, 0.3) is 0 Å². The first-order chi connectivity index (χ1) is 15.5. The standard InChI is InChI=1S/C24H25N3O5/c1-31-23(29)20(12-7-13-25)26-22(28)21-14-18-10-5-6-11-19(18)15-27(21)24(30)32-16-17-8-3-2-4-9-17/h2-6,8-11,20-21H,7,12,14-16H2,1H3,(H,26,28)/t20-,21-/m0/s1. The van der Waals surface area contributed by atoms with Crippen LogP contribution in [0.1, 0.15) is 29.5 Å². The molecule has 0 aromatic heterocycles. The molecule has 2 atom stereocenters. The van der Waals surface area contributed by atoms with Crippen molar-refractivity contribution in [2.75, 3.05) is 7.11 Å². The normalized spacial score (nSPS) is 15.6. The van der Waals surface area contributed by atoms with E-state index in [2.05, 4.69) is 5.32 Å². The molecule has 32 heavy (non-hydrogen) atoms. The van der Waals surface area contributed by atoms with E-state index in [0.29, 0.717) is 0 Å². The molecule has 0 saturated heterocycles. The molecule has 1 N–H and O–H groups in total. The zero-order valence-corrected chi connectivity index (χ0v) is 17.8. The number of hydrogen-bond donors (Lipinski definition) is 1. The van der Waals surface area contributed by atoms with Crippen molar-refractivity contribution in [3.63, 3.8) is 0 Å². The maximum Gasteiger partial charge on any atom is 0.411 e. The molecule has 1 heterocycles. The molecular weight excluding hydrogens is 410 g/mol. The maximum absolute atomic E-state index is 13.1. The molecule has 3 rings (SSSR count). The summed E-state index contributed by atoms with van der Waals surface area (Å²) in [6.45, 7) is 0.294. The van der Waals surface area contributed by atoms with E-state index >= 15 is 0 Å². The molecule has 1 aliphatic rings. The molecule has 0 saturated carbocycles. The molecule has 0 unspecified atom stereocenters. The summed E-state index contributed by atoms with van der Waals surface area (Å²) >= 11 is 0. The van der Waals surface area contributed by atoms with Gasteiger partial charge in [-0.1, -0.05) is 54.6 Å². The highest BCUT2D eigenvalue weighted by molar-refractivity contribution is 5.90. The Bertz CT molecular complexity index is 1000. The summed E-state index contributed by atoms with van der Waals surface area (Å²) in [7, 11) is 1.22. The highest BCUT2D eigenvalue weighted by atomic mass is 16.6. The van der Waals surface area contributed by atoms with Gasteiger partial charge in [0.25, 0.3) is 0 Å². The molecule has 0 fully saturated rings. The smallest absolute Gasteiger partial charge is 0.411 e. The number of benzene rings is 2. The van der Waals surface area contributed by atoms with Gasteiger partial charge < -0.3 is 14.8 Å². The number of hydrogen-bond acceptors (Lipinski definition) is 6. The second-order valence-corrected chi connectivity index (χ2v) is 7.44. The Labute approximate surface area is 186 Å². The van der Waals surface area contributed by atoms with E-state index in [1.54, 1.807) is 0 Å². The summed E-state index contributed by atoms with van der Waals surface area (Å²) < 4.78 is 10.2. The zero-order valence-electron chi connectivity index (χ0n) is 17.8. The van der Waals surface area contributed by atoms with Crippen LogP contribution in [-0.4, -0.2) is 42.1 Å². The van der Waals surface area contributed by atoms with Crippen LogP contribution >= 0.6 is 0 Å². The summed E-state index contributed by atoms with van der Waals surface area (Å²) in [6.07, 6.45) is -0.128. The average molecular weight is 435 g/mol. The number of carbonyl (C=O) groups is 3. The van der Waals surface area contributed by atoms with Crippen LogP contribution in [0, 0.1) is 11.3 Å². The molecule has 0 bridgehead atoms. The lowest BCUT2D eigenvalue weighted by molar-refractivity contribution is -0.146. The van der Waals surface area contributed by atoms with E-state index in [4.69, 9.17) is 14.7 Å². The van der Waals surface area contributed by atoms with Crippen LogP contribution in [0.2, 0.25) is 0 Å². The number of fused-ring (bicyclic) bond motifs is 1. The molecule has 2 aromatic carbocycles. The minimum absolute atomic E-state index is 0.0797. The highest BCUT2D eigenvalue weighted by Gasteiger charge is 2.37. The van der Waals surface area contributed by atoms with Gasteiger partial charge in [-0.2, -0.15) is 5.26 Å². The minimum Gasteiger partial charge on any atom is -0.467 e. The maximum atomic E-state index is 13.1. The van der Waals surface area contributed by atoms with Crippen LogP contribution in [-0.2, 0) is 38.6 Å². The predicted octanol–water partition coefficient (Wildman–Crippen LogP) is 2.71. The first kappa shape index (κ1) is 22.8. The molecule has 8 heteroatoms. The highest BCUT2D eigenvalue weighted by Crippen LogP contribution is 2.25. The lowest BCUT2D eigenvalue weighted by Crippen LogP contribution is -2.55. The van der Waals surface area contributed by atoms with Crippen LogP contribution in [0.4, 0.5) is 4.79 Å². The SMILES string of the molecule is COC(=O)[C@H](CCC#N)NC(=O)[C@@H]1Cc2ccccc2CN1C(=O)OCc1ccccc1. The second kappa shape index (κ2) is 11.0. The first-order valence-corrected chi connectivity index (χ1v) is 10.3. The van der Waals surface area contributed by atoms with Gasteiger partial charge in [0.1, 0.15) is 18.7 Å². The van der Waals surface area contributed by atoms with E-state index in [-0.39, 0.29) is 32.4 Å². The van der Waals surface area contributed by atoms with Crippen molar-refractivity contribution in [2.45, 2.75) is 44.5 Å². The number of esters is 1. The topological polar surface area (TPSA) is 109 Å². The van der Waals surface area contributed by atoms with Crippen molar-refractivity contribution >= 4 is 18.0 Å². The van der Waals surface area contributed by atoms with Crippen molar-refractivity contribution in [3.05, 3.63) is 71.3 Å². The van der Waals surface area contributed by atoms with Crippen molar-refractivity contribution in [2.24, 2.45) is 0 Å². The van der Waals surface area contributed by atoms with Gasteiger partial charge in [0.2, 0.25) is 5.91 Å². The van der Waals surface area contributed by atoms with Crippen LogP contribution in [0.15, 0.2) is 54.6 Å². The Morgan fingerprint density at radius 2 is 1.81 bits per heavy atom. The minimum atomic E-state index is -0.966. The van der Waals surface area contributed by atoms with Gasteiger partial charge in [-0.15, -0.1) is 0 Å². The molecule has 2 amide bonds. The summed E-state index contributed by atoms with van der Waals surface area (Å²) in [5, 5.41) is 11.5. The van der Waals surface area contributed by atoms with E-state index in [9.17, 15) is 14.4 Å². The van der Waals surface area contributed by atoms with Crippen LogP contribution in [0.5, 0.6) is 0 Å². The van der Waals surface area contributed by atoms with Crippen molar-refractivity contribution in [3.8, 4) is 6.07 Å². The van der Waals surface area contributed by atoms with Gasteiger partial charge in [-0.25, -0.2) is 9.59 Å². The fourth-order valence-electron chi connectivity index (χ4n) is 3.62. The third-order valence-electron chi connectivity index (χ3n) is 5.34. The largest absolute Gasteiger partial charge is 0.467 e. The quantitative estimate of drug-likeness (QED) is 0.670. The van der Waals surface area contributed by atoms with E-state index in [1.807, 2.05) is 60.7 Å². The van der Waals surface area contributed by atoms with E-state index < -0.39 is 30.1 Å². The number of methoxy groups -OCH3 is 1. The number of nitriles is 1. The number of rotatable bonds is 7. The number of nitrogens with one attached hydrogen (secondary N) is 1. The molecule has 0 aliphatic carbocycles. The molecule has 0 spiro atoms. The third kappa shape index (κ3) is 5.64. The van der Waals surface area contributed by atoms with E-state index in [0.717, 1.165) is 16.7 Å². The average Bonchev–Trinajstić information content (AvgIpc) is 2.84. The molecule has 8 nitrogen and oxygen atoms in total. The molecular formula is C24H25N3O5. The molecule has 0 radical (unpaired) electrons. The number of carbonyl (C=O) groups excluding carboxylic acids is 3. The number of nitrogens with zero attached hydrogens (tertiary/aromatic N) is 2. The van der Waals surface area contributed by atoms with Crippen LogP contribution in [0.3, 0.4) is 0 Å².